The van der Waals surface area contributed by atoms with Gasteiger partial charge in [-0.25, -0.2) is 0 Å². The Morgan fingerprint density at radius 3 is 2.48 bits per heavy atom. The van der Waals surface area contributed by atoms with Crippen molar-refractivity contribution in [2.75, 3.05) is 0 Å². The zero-order valence-corrected chi connectivity index (χ0v) is 15.0. The van der Waals surface area contributed by atoms with E-state index in [-0.39, 0.29) is 28.8 Å². The molecule has 0 saturated heterocycles. The number of aliphatic hydroxyl groups is 3. The molecule has 0 heterocycles. The van der Waals surface area contributed by atoms with Gasteiger partial charge in [-0.1, -0.05) is 25.5 Å². The van der Waals surface area contributed by atoms with Crippen molar-refractivity contribution in [1.82, 2.24) is 0 Å². The van der Waals surface area contributed by atoms with Crippen LogP contribution in [0.15, 0.2) is 11.6 Å². The van der Waals surface area contributed by atoms with Gasteiger partial charge in [-0.15, -0.1) is 0 Å². The monoisotopic (exact) mass is 320 g/mol. The van der Waals surface area contributed by atoms with Crippen molar-refractivity contribution in [2.24, 2.45) is 28.6 Å². The first-order chi connectivity index (χ1) is 10.5. The van der Waals surface area contributed by atoms with Gasteiger partial charge in [-0.3, -0.25) is 0 Å². The molecule has 3 saturated carbocycles. The molecule has 23 heavy (non-hydrogen) atoms. The molecule has 4 aliphatic rings. The largest absolute Gasteiger partial charge is 0.392 e. The van der Waals surface area contributed by atoms with Crippen LogP contribution >= 0.6 is 0 Å². The van der Waals surface area contributed by atoms with Crippen LogP contribution in [0.3, 0.4) is 0 Å². The van der Waals surface area contributed by atoms with Crippen LogP contribution in [0.25, 0.3) is 0 Å². The zero-order chi connectivity index (χ0) is 16.8. The summed E-state index contributed by atoms with van der Waals surface area (Å²) in [6.07, 6.45) is 7.44. The molecule has 130 valence electrons. The molecule has 0 aromatic heterocycles. The summed E-state index contributed by atoms with van der Waals surface area (Å²) in [5, 5.41) is 33.0. The number of rotatable bonds is 0. The van der Waals surface area contributed by atoms with Crippen molar-refractivity contribution in [2.45, 2.75) is 83.5 Å². The Kier molecular flexibility index (Phi) is 3.09. The van der Waals surface area contributed by atoms with Crippen molar-refractivity contribution in [3.05, 3.63) is 11.6 Å². The number of hydrogen-bond donors (Lipinski definition) is 3. The minimum atomic E-state index is -0.789. The minimum Gasteiger partial charge on any atom is -0.392 e. The fourth-order valence-electron chi connectivity index (χ4n) is 7.00. The first-order valence-electron chi connectivity index (χ1n) is 9.34. The maximum absolute atomic E-state index is 11.6. The van der Waals surface area contributed by atoms with E-state index in [0.717, 1.165) is 32.1 Å². The molecule has 3 fully saturated rings. The molecule has 0 radical (unpaired) electrons. The van der Waals surface area contributed by atoms with Crippen LogP contribution < -0.4 is 0 Å². The normalized spacial score (nSPS) is 57.4. The van der Waals surface area contributed by atoms with Gasteiger partial charge < -0.3 is 15.3 Å². The lowest BCUT2D eigenvalue weighted by Gasteiger charge is -2.48. The number of fused-ring (bicyclic) bond motifs is 2. The van der Waals surface area contributed by atoms with E-state index in [1.54, 1.807) is 0 Å². The van der Waals surface area contributed by atoms with Crippen molar-refractivity contribution in [3.63, 3.8) is 0 Å². The summed E-state index contributed by atoms with van der Waals surface area (Å²) >= 11 is 0. The SMILES string of the molecule is CC1(C)C2=CC[C@@]34C[C@@H](CC[C@H]3[C@@](C)(O)[C@H]2C[C@@H]1O)[C@](C)(O)C4. The predicted octanol–water partition coefficient (Wildman–Crippen LogP) is 3.03. The minimum absolute atomic E-state index is 0.0360. The third-order valence-electron chi connectivity index (χ3n) is 8.34. The van der Waals surface area contributed by atoms with E-state index in [0.29, 0.717) is 12.3 Å². The Morgan fingerprint density at radius 2 is 1.78 bits per heavy atom. The van der Waals surface area contributed by atoms with Gasteiger partial charge in [0, 0.05) is 11.3 Å². The summed E-state index contributed by atoms with van der Waals surface area (Å²) in [6, 6.07) is 0. The van der Waals surface area contributed by atoms with Crippen molar-refractivity contribution in [1.29, 1.82) is 0 Å². The molecule has 1 spiro atoms. The Bertz CT molecular complexity index is 559. The topological polar surface area (TPSA) is 60.7 Å². The van der Waals surface area contributed by atoms with Crippen molar-refractivity contribution >= 4 is 0 Å². The highest BCUT2D eigenvalue weighted by Gasteiger charge is 2.65. The summed E-state index contributed by atoms with van der Waals surface area (Å²) < 4.78 is 0. The Morgan fingerprint density at radius 1 is 1.09 bits per heavy atom. The van der Waals surface area contributed by atoms with Gasteiger partial charge in [0.15, 0.2) is 0 Å². The second kappa shape index (κ2) is 4.42. The van der Waals surface area contributed by atoms with E-state index in [2.05, 4.69) is 19.9 Å². The van der Waals surface area contributed by atoms with E-state index < -0.39 is 11.2 Å². The van der Waals surface area contributed by atoms with E-state index in [4.69, 9.17) is 0 Å². The van der Waals surface area contributed by atoms with E-state index in [1.165, 1.54) is 5.57 Å². The summed E-state index contributed by atoms with van der Waals surface area (Å²) in [6.45, 7) is 8.22. The second-order valence-electron chi connectivity index (χ2n) is 10.0. The maximum atomic E-state index is 11.6. The molecule has 0 amide bonds. The molecule has 4 aliphatic carbocycles. The van der Waals surface area contributed by atoms with Crippen LogP contribution in [0, 0.1) is 28.6 Å². The zero-order valence-electron chi connectivity index (χ0n) is 15.0. The molecule has 3 heteroatoms. The fraction of sp³-hybridized carbons (Fsp3) is 0.900. The summed E-state index contributed by atoms with van der Waals surface area (Å²) in [7, 11) is 0. The maximum Gasteiger partial charge on any atom is 0.0719 e. The second-order valence-corrected chi connectivity index (χ2v) is 10.0. The molecule has 3 nitrogen and oxygen atoms in total. The molecular formula is C20H32O3. The summed E-state index contributed by atoms with van der Waals surface area (Å²) in [4.78, 5) is 0. The molecule has 0 unspecified atom stereocenters. The molecular weight excluding hydrogens is 288 g/mol. The quantitative estimate of drug-likeness (QED) is 0.601. The lowest BCUT2D eigenvalue weighted by atomic mass is 9.58. The fourth-order valence-corrected chi connectivity index (χ4v) is 7.00. The van der Waals surface area contributed by atoms with Gasteiger partial charge in [-0.05, 0) is 69.6 Å². The summed E-state index contributed by atoms with van der Waals surface area (Å²) in [5.74, 6) is 0.656. The van der Waals surface area contributed by atoms with Gasteiger partial charge in [0.1, 0.15) is 0 Å². The highest BCUT2D eigenvalue weighted by Crippen LogP contribution is 2.67. The first kappa shape index (κ1) is 16.1. The van der Waals surface area contributed by atoms with Gasteiger partial charge >= 0.3 is 0 Å². The van der Waals surface area contributed by atoms with Gasteiger partial charge in [-0.2, -0.15) is 0 Å². The first-order valence-corrected chi connectivity index (χ1v) is 9.34. The third kappa shape index (κ3) is 1.93. The predicted molar refractivity (Wildman–Crippen MR) is 89.7 cm³/mol. The van der Waals surface area contributed by atoms with Crippen LogP contribution in [0.1, 0.15) is 66.2 Å². The Balaban J connectivity index is 1.81. The van der Waals surface area contributed by atoms with E-state index in [1.807, 2.05) is 13.8 Å². The lowest BCUT2D eigenvalue weighted by Crippen LogP contribution is -2.49. The smallest absolute Gasteiger partial charge is 0.0719 e. The Hall–Kier alpha value is -0.380. The molecule has 0 aromatic rings. The van der Waals surface area contributed by atoms with Gasteiger partial charge in [0.25, 0.3) is 0 Å². The molecule has 0 aromatic carbocycles. The van der Waals surface area contributed by atoms with Crippen LogP contribution in [-0.4, -0.2) is 32.6 Å². The molecule has 0 aliphatic heterocycles. The third-order valence-corrected chi connectivity index (χ3v) is 8.34. The van der Waals surface area contributed by atoms with Gasteiger partial charge in [0.2, 0.25) is 0 Å². The van der Waals surface area contributed by atoms with Crippen molar-refractivity contribution in [3.8, 4) is 0 Å². The van der Waals surface area contributed by atoms with Crippen LogP contribution in [0.5, 0.6) is 0 Å². The average molecular weight is 320 g/mol. The van der Waals surface area contributed by atoms with Crippen molar-refractivity contribution < 1.29 is 15.3 Å². The highest BCUT2D eigenvalue weighted by atomic mass is 16.3. The Labute approximate surface area is 139 Å². The van der Waals surface area contributed by atoms with Crippen LogP contribution in [0.4, 0.5) is 0 Å². The number of hydrogen-bond acceptors (Lipinski definition) is 3. The summed E-state index contributed by atoms with van der Waals surface area (Å²) in [5.41, 5.74) is -0.338. The number of allylic oxidation sites excluding steroid dienone is 1. The molecule has 4 rings (SSSR count). The van der Waals surface area contributed by atoms with E-state index >= 15 is 0 Å². The van der Waals surface area contributed by atoms with Crippen LogP contribution in [-0.2, 0) is 0 Å². The van der Waals surface area contributed by atoms with E-state index in [9.17, 15) is 15.3 Å². The van der Waals surface area contributed by atoms with Gasteiger partial charge in [0.05, 0.1) is 17.3 Å². The molecule has 3 N–H and O–H groups in total. The van der Waals surface area contributed by atoms with Crippen LogP contribution in [0.2, 0.25) is 0 Å². The average Bonchev–Trinajstić information content (AvgIpc) is 2.73. The number of aliphatic hydroxyl groups excluding tert-OH is 1. The lowest BCUT2D eigenvalue weighted by molar-refractivity contribution is -0.104. The highest BCUT2D eigenvalue weighted by molar-refractivity contribution is 5.31. The molecule has 2 bridgehead atoms. The standard InChI is InChI=1S/C20H32O3/c1-17(2)13-7-8-20-10-12(18(3,22)11-20)5-6-15(20)19(4,23)14(13)9-16(17)21/h7,12,14-16,21-23H,5-6,8-11H2,1-4H3/t12-,14+,15+,16+,18-,19+,20+/m1/s1. The molecule has 7 atom stereocenters.